The highest BCUT2D eigenvalue weighted by atomic mass is 16.3. The molecule has 0 aliphatic rings. The number of hydrogen-bond acceptors (Lipinski definition) is 3. The monoisotopic (exact) mass is 130 g/mol. The predicted molar refractivity (Wildman–Crippen MR) is 34.0 cm³/mol. The van der Waals surface area contributed by atoms with E-state index in [1.807, 2.05) is 0 Å². The van der Waals surface area contributed by atoms with Crippen molar-refractivity contribution >= 4 is 0 Å². The summed E-state index contributed by atoms with van der Waals surface area (Å²) in [4.78, 5) is 0. The molecule has 0 aliphatic heterocycles. The van der Waals surface area contributed by atoms with Crippen LogP contribution in [-0.2, 0) is 0 Å². The first-order valence-corrected chi connectivity index (χ1v) is 2.52. The zero-order valence-electron chi connectivity index (χ0n) is 4.94. The summed E-state index contributed by atoms with van der Waals surface area (Å²) < 4.78 is 0. The van der Waals surface area contributed by atoms with Gasteiger partial charge in [-0.25, -0.2) is 0 Å². The Balaban J connectivity index is 3.71. The van der Waals surface area contributed by atoms with Crippen molar-refractivity contribution in [1.29, 1.82) is 0 Å². The topological polar surface area (TPSA) is 60.7 Å². The van der Waals surface area contributed by atoms with Crippen molar-refractivity contribution in [3.05, 3.63) is 25.0 Å². The van der Waals surface area contributed by atoms with Crippen molar-refractivity contribution in [1.82, 2.24) is 0 Å². The molecule has 0 radical (unpaired) electrons. The van der Waals surface area contributed by atoms with Gasteiger partial charge in [0.15, 0.2) is 0 Å². The van der Waals surface area contributed by atoms with E-state index in [-0.39, 0.29) is 0 Å². The molecule has 0 spiro atoms. The van der Waals surface area contributed by atoms with Gasteiger partial charge in [-0.3, -0.25) is 0 Å². The average molecular weight is 130 g/mol. The third-order valence-electron chi connectivity index (χ3n) is 0.875. The molecule has 2 unspecified atom stereocenters. The van der Waals surface area contributed by atoms with Gasteiger partial charge in [-0.2, -0.15) is 0 Å². The Morgan fingerprint density at radius 2 is 1.78 bits per heavy atom. The minimum absolute atomic E-state index is 0.678. The van der Waals surface area contributed by atoms with Crippen LogP contribution in [0.3, 0.4) is 0 Å². The van der Waals surface area contributed by atoms with Gasteiger partial charge >= 0.3 is 0 Å². The Morgan fingerprint density at radius 3 is 2.11 bits per heavy atom. The molecule has 0 aliphatic carbocycles. The predicted octanol–water partition coefficient (Wildman–Crippen LogP) is -0.0341. The molecule has 0 bridgehead atoms. The molecule has 0 saturated carbocycles. The molecule has 0 fully saturated rings. The van der Waals surface area contributed by atoms with Gasteiger partial charge in [0, 0.05) is 0 Å². The van der Waals surface area contributed by atoms with Crippen LogP contribution in [0.4, 0.5) is 0 Å². The lowest BCUT2D eigenvalue weighted by Crippen LogP contribution is -2.20. The summed E-state index contributed by atoms with van der Waals surface area (Å²) >= 11 is 0. The number of rotatable bonds is 3. The molecule has 0 heterocycles. The minimum Gasteiger partial charge on any atom is -0.516 e. The Hall–Kier alpha value is -0.800. The van der Waals surface area contributed by atoms with Gasteiger partial charge in [0.1, 0.15) is 12.2 Å². The van der Waals surface area contributed by atoms with E-state index in [1.54, 1.807) is 0 Å². The van der Waals surface area contributed by atoms with E-state index >= 15 is 0 Å². The Bertz CT molecular complexity index is 109. The van der Waals surface area contributed by atoms with Crippen molar-refractivity contribution < 1.29 is 15.3 Å². The van der Waals surface area contributed by atoms with E-state index in [4.69, 9.17) is 15.3 Å². The lowest BCUT2D eigenvalue weighted by atomic mass is 10.2. The molecule has 52 valence electrons. The van der Waals surface area contributed by atoms with Crippen LogP contribution in [0.2, 0.25) is 0 Å². The Morgan fingerprint density at radius 1 is 1.22 bits per heavy atom. The second kappa shape index (κ2) is 4.12. The van der Waals surface area contributed by atoms with E-state index in [2.05, 4.69) is 6.58 Å². The van der Waals surface area contributed by atoms with Crippen LogP contribution >= 0.6 is 0 Å². The van der Waals surface area contributed by atoms with Gasteiger partial charge in [-0.1, -0.05) is 6.08 Å². The van der Waals surface area contributed by atoms with Gasteiger partial charge in [0.05, 0.1) is 6.26 Å². The average Bonchev–Trinajstić information content (AvgIpc) is 1.87. The standard InChI is InChI=1S/C6H10O3/c1-2-5(8)6(9)3-4-7/h2-9H,1H2. The molecular formula is C6H10O3. The van der Waals surface area contributed by atoms with Crippen LogP contribution in [0.1, 0.15) is 0 Å². The molecule has 0 rings (SSSR count). The first-order chi connectivity index (χ1) is 4.22. The summed E-state index contributed by atoms with van der Waals surface area (Å²) in [5.41, 5.74) is 0. The van der Waals surface area contributed by atoms with Crippen LogP contribution in [0.25, 0.3) is 0 Å². The molecular weight excluding hydrogens is 120 g/mol. The highest BCUT2D eigenvalue weighted by molar-refractivity contribution is 4.94. The number of aliphatic hydroxyl groups excluding tert-OH is 3. The van der Waals surface area contributed by atoms with E-state index < -0.39 is 12.2 Å². The zero-order chi connectivity index (χ0) is 7.28. The first-order valence-electron chi connectivity index (χ1n) is 2.52. The third kappa shape index (κ3) is 2.90. The van der Waals surface area contributed by atoms with Crippen molar-refractivity contribution in [3.63, 3.8) is 0 Å². The SMILES string of the molecule is C=CC(O)C(O)C=CO. The second-order valence-electron chi connectivity index (χ2n) is 1.56. The third-order valence-corrected chi connectivity index (χ3v) is 0.875. The number of aliphatic hydroxyl groups is 3. The molecule has 3 nitrogen and oxygen atoms in total. The maximum absolute atomic E-state index is 8.75. The molecule has 3 N–H and O–H groups in total. The van der Waals surface area contributed by atoms with Crippen molar-refractivity contribution in [2.45, 2.75) is 12.2 Å². The van der Waals surface area contributed by atoms with Gasteiger partial charge in [-0.05, 0) is 6.08 Å². The van der Waals surface area contributed by atoms with Crippen LogP contribution in [0, 0.1) is 0 Å². The summed E-state index contributed by atoms with van der Waals surface area (Å²) in [5.74, 6) is 0. The summed E-state index contributed by atoms with van der Waals surface area (Å²) in [6.45, 7) is 3.24. The van der Waals surface area contributed by atoms with Crippen molar-refractivity contribution in [2.75, 3.05) is 0 Å². The summed E-state index contributed by atoms with van der Waals surface area (Å²) in [6.07, 6.45) is 0.856. The highest BCUT2D eigenvalue weighted by Crippen LogP contribution is 1.94. The van der Waals surface area contributed by atoms with Crippen molar-refractivity contribution in [3.8, 4) is 0 Å². The molecule has 2 atom stereocenters. The van der Waals surface area contributed by atoms with E-state index in [0.29, 0.717) is 6.26 Å². The smallest absolute Gasteiger partial charge is 0.105 e. The number of hydrogen-bond donors (Lipinski definition) is 3. The van der Waals surface area contributed by atoms with Crippen LogP contribution < -0.4 is 0 Å². The van der Waals surface area contributed by atoms with Crippen LogP contribution in [0.5, 0.6) is 0 Å². The summed E-state index contributed by atoms with van der Waals surface area (Å²) in [5, 5.41) is 25.6. The van der Waals surface area contributed by atoms with Gasteiger partial charge < -0.3 is 15.3 Å². The van der Waals surface area contributed by atoms with E-state index in [9.17, 15) is 0 Å². The molecule has 0 aromatic rings. The normalized spacial score (nSPS) is 17.6. The van der Waals surface area contributed by atoms with Crippen LogP contribution in [-0.4, -0.2) is 27.5 Å². The molecule has 0 amide bonds. The van der Waals surface area contributed by atoms with Gasteiger partial charge in [0.2, 0.25) is 0 Å². The zero-order valence-corrected chi connectivity index (χ0v) is 4.94. The molecule has 0 aromatic carbocycles. The maximum atomic E-state index is 8.75. The van der Waals surface area contributed by atoms with E-state index in [1.165, 1.54) is 6.08 Å². The molecule has 0 saturated heterocycles. The fourth-order valence-electron chi connectivity index (χ4n) is 0.341. The largest absolute Gasteiger partial charge is 0.516 e. The second-order valence-corrected chi connectivity index (χ2v) is 1.56. The first kappa shape index (κ1) is 8.20. The van der Waals surface area contributed by atoms with Crippen LogP contribution in [0.15, 0.2) is 25.0 Å². The quantitative estimate of drug-likeness (QED) is 0.371. The Kier molecular flexibility index (Phi) is 3.75. The van der Waals surface area contributed by atoms with Gasteiger partial charge in [-0.15, -0.1) is 6.58 Å². The lowest BCUT2D eigenvalue weighted by molar-refractivity contribution is 0.0798. The molecule has 3 heteroatoms. The molecule has 0 aromatic heterocycles. The fourth-order valence-corrected chi connectivity index (χ4v) is 0.341. The van der Waals surface area contributed by atoms with Crippen molar-refractivity contribution in [2.24, 2.45) is 0 Å². The summed E-state index contributed by atoms with van der Waals surface area (Å²) in [6, 6.07) is 0. The Labute approximate surface area is 53.6 Å². The highest BCUT2D eigenvalue weighted by Gasteiger charge is 2.06. The van der Waals surface area contributed by atoms with Gasteiger partial charge in [0.25, 0.3) is 0 Å². The maximum Gasteiger partial charge on any atom is 0.105 e. The molecule has 9 heavy (non-hydrogen) atoms. The fraction of sp³-hybridized carbons (Fsp3) is 0.333. The summed E-state index contributed by atoms with van der Waals surface area (Å²) in [7, 11) is 0. The van der Waals surface area contributed by atoms with E-state index in [0.717, 1.165) is 6.08 Å². The lowest BCUT2D eigenvalue weighted by Gasteiger charge is -2.07. The minimum atomic E-state index is -1.06.